The highest BCUT2D eigenvalue weighted by Gasteiger charge is 2.23. The van der Waals surface area contributed by atoms with Gasteiger partial charge < -0.3 is 25.2 Å². The Balaban J connectivity index is 0.00000364. The van der Waals surface area contributed by atoms with Crippen LogP contribution in [0.4, 0.5) is 0 Å². The molecule has 0 aromatic rings. The Morgan fingerprint density at radius 1 is 1.15 bits per heavy atom. The maximum absolute atomic E-state index is 5.16. The molecule has 2 aliphatic heterocycles. The average Bonchev–Trinajstić information content (AvgIpc) is 2.64. The van der Waals surface area contributed by atoms with Gasteiger partial charge in [-0.05, 0) is 40.3 Å². The predicted molar refractivity (Wildman–Crippen MR) is 124 cm³/mol. The zero-order chi connectivity index (χ0) is 18.8. The largest absolute Gasteiger partial charge is 0.385 e. The average molecular weight is 496 g/mol. The van der Waals surface area contributed by atoms with Gasteiger partial charge in [0.25, 0.3) is 0 Å². The molecule has 0 aromatic heterocycles. The summed E-state index contributed by atoms with van der Waals surface area (Å²) < 4.78 is 5.16. The van der Waals surface area contributed by atoms with Crippen LogP contribution in [0.15, 0.2) is 4.99 Å². The smallest absolute Gasteiger partial charge is 0.191 e. The van der Waals surface area contributed by atoms with E-state index in [1.807, 2.05) is 0 Å². The first-order valence-electron chi connectivity index (χ1n) is 10.3. The van der Waals surface area contributed by atoms with E-state index in [-0.39, 0.29) is 24.0 Å². The molecule has 0 saturated carbocycles. The topological polar surface area (TPSA) is 55.4 Å². The van der Waals surface area contributed by atoms with Crippen LogP contribution in [-0.2, 0) is 4.74 Å². The lowest BCUT2D eigenvalue weighted by atomic mass is 10.1. The van der Waals surface area contributed by atoms with E-state index in [4.69, 9.17) is 9.73 Å². The van der Waals surface area contributed by atoms with E-state index in [0.29, 0.717) is 12.1 Å². The molecule has 2 saturated heterocycles. The maximum Gasteiger partial charge on any atom is 0.191 e. The summed E-state index contributed by atoms with van der Waals surface area (Å²) in [4.78, 5) is 12.3. The first-order valence-corrected chi connectivity index (χ1v) is 10.3. The van der Waals surface area contributed by atoms with E-state index in [1.165, 1.54) is 12.8 Å². The van der Waals surface area contributed by atoms with Crippen molar-refractivity contribution in [3.63, 3.8) is 0 Å². The van der Waals surface area contributed by atoms with Crippen LogP contribution >= 0.6 is 24.0 Å². The Bertz CT molecular complexity index is 417. The number of halogens is 1. The number of aliphatic imine (C=N–C) groups is 1. The van der Waals surface area contributed by atoms with Crippen molar-refractivity contribution in [1.82, 2.24) is 25.3 Å². The Morgan fingerprint density at radius 3 is 2.56 bits per heavy atom. The van der Waals surface area contributed by atoms with Crippen LogP contribution in [0.3, 0.4) is 0 Å². The maximum atomic E-state index is 5.16. The highest BCUT2D eigenvalue weighted by molar-refractivity contribution is 14.0. The van der Waals surface area contributed by atoms with Crippen molar-refractivity contribution in [1.29, 1.82) is 0 Å². The summed E-state index contributed by atoms with van der Waals surface area (Å²) in [5, 5.41) is 7.09. The monoisotopic (exact) mass is 496 g/mol. The van der Waals surface area contributed by atoms with Crippen molar-refractivity contribution in [3.05, 3.63) is 0 Å². The van der Waals surface area contributed by atoms with E-state index < -0.39 is 0 Å². The van der Waals surface area contributed by atoms with E-state index in [9.17, 15) is 0 Å². The third kappa shape index (κ3) is 9.25. The van der Waals surface area contributed by atoms with Gasteiger partial charge in [0.2, 0.25) is 0 Å². The SMILES string of the molecule is CCNC(=NCC1CN(C)CCN1C)NC1CCN(CCCOC)CC1.I. The Morgan fingerprint density at radius 2 is 1.89 bits per heavy atom. The number of likely N-dealkylation sites (tertiary alicyclic amines) is 1. The summed E-state index contributed by atoms with van der Waals surface area (Å²) in [5.74, 6) is 0.979. The van der Waals surface area contributed by atoms with Gasteiger partial charge in [0.15, 0.2) is 5.96 Å². The quantitative estimate of drug-likeness (QED) is 0.226. The Labute approximate surface area is 183 Å². The summed E-state index contributed by atoms with van der Waals surface area (Å²) >= 11 is 0. The lowest BCUT2D eigenvalue weighted by Crippen LogP contribution is -2.52. The molecule has 0 radical (unpaired) electrons. The van der Waals surface area contributed by atoms with Crippen molar-refractivity contribution in [2.24, 2.45) is 4.99 Å². The predicted octanol–water partition coefficient (Wildman–Crippen LogP) is 0.906. The third-order valence-electron chi connectivity index (χ3n) is 5.54. The number of piperazine rings is 1. The second-order valence-electron chi connectivity index (χ2n) is 7.72. The molecule has 2 aliphatic rings. The molecule has 0 spiro atoms. The Kier molecular flexibility index (Phi) is 12.8. The summed E-state index contributed by atoms with van der Waals surface area (Å²) in [6, 6.07) is 1.03. The first kappa shape index (κ1) is 24.9. The minimum atomic E-state index is 0. The molecule has 0 amide bonds. The second kappa shape index (κ2) is 13.9. The van der Waals surface area contributed by atoms with Crippen molar-refractivity contribution in [3.8, 4) is 0 Å². The fourth-order valence-corrected chi connectivity index (χ4v) is 3.74. The number of hydrogen-bond acceptors (Lipinski definition) is 5. The molecule has 2 fully saturated rings. The number of nitrogens with zero attached hydrogens (tertiary/aromatic N) is 4. The molecule has 0 bridgehead atoms. The first-order chi connectivity index (χ1) is 12.6. The van der Waals surface area contributed by atoms with Crippen LogP contribution in [0, 0.1) is 0 Å². The fraction of sp³-hybridized carbons (Fsp3) is 0.947. The highest BCUT2D eigenvalue weighted by Crippen LogP contribution is 2.11. The van der Waals surface area contributed by atoms with Gasteiger partial charge in [0.1, 0.15) is 0 Å². The number of nitrogens with one attached hydrogen (secondary N) is 2. The molecule has 0 aliphatic carbocycles. The van der Waals surface area contributed by atoms with Gasteiger partial charge in [-0.25, -0.2) is 0 Å². The second-order valence-corrected chi connectivity index (χ2v) is 7.72. The number of ether oxygens (including phenoxy) is 1. The summed E-state index contributed by atoms with van der Waals surface area (Å²) in [6.45, 7) is 11.6. The summed E-state index contributed by atoms with van der Waals surface area (Å²) in [6.07, 6.45) is 3.50. The van der Waals surface area contributed by atoms with Crippen LogP contribution < -0.4 is 10.6 Å². The van der Waals surface area contributed by atoms with Crippen molar-refractivity contribution < 1.29 is 4.74 Å². The highest BCUT2D eigenvalue weighted by atomic mass is 127. The fourth-order valence-electron chi connectivity index (χ4n) is 3.74. The van der Waals surface area contributed by atoms with Crippen LogP contribution in [0.5, 0.6) is 0 Å². The molecular weight excluding hydrogens is 455 g/mol. The number of rotatable bonds is 8. The molecule has 160 valence electrons. The summed E-state index contributed by atoms with van der Waals surface area (Å²) in [7, 11) is 6.20. The molecule has 2 rings (SSSR count). The van der Waals surface area contributed by atoms with E-state index in [0.717, 1.165) is 71.3 Å². The van der Waals surface area contributed by atoms with Crippen LogP contribution in [0.25, 0.3) is 0 Å². The van der Waals surface area contributed by atoms with Gasteiger partial charge in [-0.2, -0.15) is 0 Å². The Hall–Kier alpha value is -0.160. The van der Waals surface area contributed by atoms with E-state index >= 15 is 0 Å². The van der Waals surface area contributed by atoms with E-state index in [1.54, 1.807) is 7.11 Å². The molecule has 1 unspecified atom stereocenters. The minimum absolute atomic E-state index is 0. The van der Waals surface area contributed by atoms with Gasteiger partial charge in [-0.3, -0.25) is 9.89 Å². The number of piperidine rings is 1. The van der Waals surface area contributed by atoms with Crippen LogP contribution in [-0.4, -0.2) is 113 Å². The molecule has 1 atom stereocenters. The zero-order valence-electron chi connectivity index (χ0n) is 17.7. The van der Waals surface area contributed by atoms with Gasteiger partial charge in [0.05, 0.1) is 6.54 Å². The van der Waals surface area contributed by atoms with Gasteiger partial charge in [-0.1, -0.05) is 0 Å². The number of hydrogen-bond donors (Lipinski definition) is 2. The van der Waals surface area contributed by atoms with Crippen molar-refractivity contribution in [2.75, 3.05) is 80.2 Å². The van der Waals surface area contributed by atoms with Crippen molar-refractivity contribution in [2.45, 2.75) is 38.3 Å². The molecule has 7 nitrogen and oxygen atoms in total. The number of guanidine groups is 1. The van der Waals surface area contributed by atoms with Gasteiger partial charge in [0, 0.05) is 71.6 Å². The zero-order valence-corrected chi connectivity index (χ0v) is 20.1. The molecule has 0 aromatic carbocycles. The molecule has 2 N–H and O–H groups in total. The normalized spacial score (nSPS) is 23.9. The minimum Gasteiger partial charge on any atom is -0.385 e. The summed E-state index contributed by atoms with van der Waals surface area (Å²) in [5.41, 5.74) is 0. The lowest BCUT2D eigenvalue weighted by molar-refractivity contribution is 0.119. The van der Waals surface area contributed by atoms with E-state index in [2.05, 4.69) is 46.4 Å². The standard InChI is InChI=1S/C19H40N6O.HI/c1-5-20-19(21-15-18-16-23(2)12-13-24(18)3)22-17-7-10-25(11-8-17)9-6-14-26-4;/h17-18H,5-16H2,1-4H3,(H2,20,21,22);1H. The molecule has 8 heteroatoms. The molecule has 2 heterocycles. The molecule has 27 heavy (non-hydrogen) atoms. The van der Waals surface area contributed by atoms with Gasteiger partial charge in [-0.15, -0.1) is 24.0 Å². The lowest BCUT2D eigenvalue weighted by Gasteiger charge is -2.37. The van der Waals surface area contributed by atoms with Crippen LogP contribution in [0.2, 0.25) is 0 Å². The third-order valence-corrected chi connectivity index (χ3v) is 5.54. The van der Waals surface area contributed by atoms with Gasteiger partial charge >= 0.3 is 0 Å². The number of likely N-dealkylation sites (N-methyl/N-ethyl adjacent to an activating group) is 2. The molecular formula is C19H41IN6O. The van der Waals surface area contributed by atoms with Crippen molar-refractivity contribution >= 4 is 29.9 Å². The number of methoxy groups -OCH3 is 1. The van der Waals surface area contributed by atoms with Crippen LogP contribution in [0.1, 0.15) is 26.2 Å².